The highest BCUT2D eigenvalue weighted by molar-refractivity contribution is 5.81. The number of ether oxygens (including phenoxy) is 1. The Kier molecular flexibility index (Phi) is 5.56. The van der Waals surface area contributed by atoms with E-state index in [0.717, 1.165) is 6.07 Å². The van der Waals surface area contributed by atoms with Gasteiger partial charge >= 0.3 is 18.2 Å². The molecule has 0 heterocycles. The van der Waals surface area contributed by atoms with E-state index >= 15 is 0 Å². The molecule has 1 atom stereocenters. The SMILES string of the molecule is C=CCOC(=O)NC(C(=O)O)c1ccc(C)c(C(F)(F)F)c1. The molecule has 0 radical (unpaired) electrons. The smallest absolute Gasteiger partial charge is 0.416 e. The number of hydrogen-bond acceptors (Lipinski definition) is 3. The molecule has 2 N–H and O–H groups in total. The standard InChI is InChI=1S/C14H14F3NO4/c1-3-6-22-13(21)18-11(12(19)20)9-5-4-8(2)10(7-9)14(15,16)17/h3-5,7,11H,1,6H2,2H3,(H,18,21)(H,19,20). The average molecular weight is 317 g/mol. The number of aliphatic carboxylic acids is 1. The predicted octanol–water partition coefficient (Wildman–Crippen LogP) is 3.05. The highest BCUT2D eigenvalue weighted by Crippen LogP contribution is 2.33. The number of carboxylic acids is 1. The van der Waals surface area contributed by atoms with E-state index < -0.39 is 29.8 Å². The molecule has 5 nitrogen and oxygen atoms in total. The summed E-state index contributed by atoms with van der Waals surface area (Å²) in [5, 5.41) is 11.1. The van der Waals surface area contributed by atoms with E-state index in [1.54, 1.807) is 0 Å². The molecule has 0 aromatic heterocycles. The second kappa shape index (κ2) is 6.97. The van der Waals surface area contributed by atoms with Crippen LogP contribution in [0.5, 0.6) is 0 Å². The molecular weight excluding hydrogens is 303 g/mol. The first kappa shape index (κ1) is 17.5. The van der Waals surface area contributed by atoms with Crippen LogP contribution < -0.4 is 5.32 Å². The van der Waals surface area contributed by atoms with E-state index in [9.17, 15) is 22.8 Å². The number of carbonyl (C=O) groups excluding carboxylic acids is 1. The van der Waals surface area contributed by atoms with Crippen LogP contribution in [0.2, 0.25) is 0 Å². The maximum Gasteiger partial charge on any atom is 0.416 e. The van der Waals surface area contributed by atoms with Crippen molar-refractivity contribution in [3.63, 3.8) is 0 Å². The van der Waals surface area contributed by atoms with Crippen LogP contribution in [-0.2, 0) is 15.7 Å². The Labute approximate surface area is 124 Å². The maximum atomic E-state index is 12.9. The minimum absolute atomic E-state index is 0.0466. The normalized spacial score (nSPS) is 12.4. The van der Waals surface area contributed by atoms with Crippen molar-refractivity contribution in [2.75, 3.05) is 6.61 Å². The van der Waals surface area contributed by atoms with Gasteiger partial charge in [0.25, 0.3) is 0 Å². The Morgan fingerprint density at radius 1 is 1.45 bits per heavy atom. The molecule has 0 spiro atoms. The second-order valence-corrected chi connectivity index (χ2v) is 4.37. The van der Waals surface area contributed by atoms with Crippen molar-refractivity contribution < 1.29 is 32.6 Å². The number of aryl methyl sites for hydroxylation is 1. The number of carboxylic acid groups (broad SMARTS) is 1. The summed E-state index contributed by atoms with van der Waals surface area (Å²) < 4.78 is 43.1. The van der Waals surface area contributed by atoms with Crippen molar-refractivity contribution in [3.8, 4) is 0 Å². The molecule has 1 aromatic rings. The average Bonchev–Trinajstić information content (AvgIpc) is 2.41. The number of rotatable bonds is 5. The van der Waals surface area contributed by atoms with Gasteiger partial charge in [0, 0.05) is 0 Å². The largest absolute Gasteiger partial charge is 0.479 e. The van der Waals surface area contributed by atoms with Crippen LogP contribution >= 0.6 is 0 Å². The van der Waals surface area contributed by atoms with Crippen molar-refractivity contribution in [2.45, 2.75) is 19.1 Å². The first-order valence-electron chi connectivity index (χ1n) is 6.11. The molecule has 8 heteroatoms. The monoisotopic (exact) mass is 317 g/mol. The van der Waals surface area contributed by atoms with Gasteiger partial charge in [-0.25, -0.2) is 9.59 Å². The van der Waals surface area contributed by atoms with Crippen LogP contribution in [0, 0.1) is 6.92 Å². The van der Waals surface area contributed by atoms with E-state index in [2.05, 4.69) is 11.3 Å². The lowest BCUT2D eigenvalue weighted by Crippen LogP contribution is -2.34. The van der Waals surface area contributed by atoms with Crippen molar-refractivity contribution in [3.05, 3.63) is 47.5 Å². The molecule has 0 aliphatic carbocycles. The molecule has 0 fully saturated rings. The number of benzene rings is 1. The van der Waals surface area contributed by atoms with Crippen molar-refractivity contribution in [2.24, 2.45) is 0 Å². The Morgan fingerprint density at radius 2 is 2.09 bits per heavy atom. The van der Waals surface area contributed by atoms with Gasteiger partial charge in [0.2, 0.25) is 0 Å². The van der Waals surface area contributed by atoms with E-state index in [-0.39, 0.29) is 17.7 Å². The molecule has 120 valence electrons. The minimum Gasteiger partial charge on any atom is -0.479 e. The van der Waals surface area contributed by atoms with Gasteiger partial charge < -0.3 is 15.2 Å². The van der Waals surface area contributed by atoms with Crippen LogP contribution in [0.15, 0.2) is 30.9 Å². The number of carbonyl (C=O) groups is 2. The van der Waals surface area contributed by atoms with Crippen molar-refractivity contribution in [1.82, 2.24) is 5.32 Å². The van der Waals surface area contributed by atoms with Gasteiger partial charge in [-0.1, -0.05) is 24.8 Å². The number of amides is 1. The zero-order chi connectivity index (χ0) is 16.9. The molecular formula is C14H14F3NO4. The van der Waals surface area contributed by atoms with Crippen molar-refractivity contribution in [1.29, 1.82) is 0 Å². The summed E-state index contributed by atoms with van der Waals surface area (Å²) in [6, 6.07) is 1.39. The summed E-state index contributed by atoms with van der Waals surface area (Å²) in [5.41, 5.74) is -1.21. The van der Waals surface area contributed by atoms with Crippen LogP contribution in [0.25, 0.3) is 0 Å². The number of nitrogens with one attached hydrogen (secondary N) is 1. The zero-order valence-electron chi connectivity index (χ0n) is 11.6. The van der Waals surface area contributed by atoms with Gasteiger partial charge in [0.05, 0.1) is 5.56 Å². The maximum absolute atomic E-state index is 12.9. The van der Waals surface area contributed by atoms with Gasteiger partial charge in [0.15, 0.2) is 6.04 Å². The van der Waals surface area contributed by atoms with E-state index in [1.807, 2.05) is 5.32 Å². The van der Waals surface area contributed by atoms with Crippen LogP contribution in [0.1, 0.15) is 22.7 Å². The summed E-state index contributed by atoms with van der Waals surface area (Å²) in [7, 11) is 0. The highest BCUT2D eigenvalue weighted by atomic mass is 19.4. The van der Waals surface area contributed by atoms with Crippen LogP contribution in [0.3, 0.4) is 0 Å². The first-order valence-corrected chi connectivity index (χ1v) is 6.11. The summed E-state index contributed by atoms with van der Waals surface area (Å²) in [5.74, 6) is -1.51. The third-order valence-corrected chi connectivity index (χ3v) is 2.74. The third kappa shape index (κ3) is 4.51. The molecule has 22 heavy (non-hydrogen) atoms. The summed E-state index contributed by atoms with van der Waals surface area (Å²) in [6.07, 6.45) is -4.42. The van der Waals surface area contributed by atoms with Crippen LogP contribution in [-0.4, -0.2) is 23.8 Å². The summed E-state index contributed by atoms with van der Waals surface area (Å²) in [6.45, 7) is 4.41. The molecule has 1 aromatic carbocycles. The number of alkyl carbamates (subject to hydrolysis) is 1. The first-order chi connectivity index (χ1) is 10.2. The summed E-state index contributed by atoms with van der Waals surface area (Å²) >= 11 is 0. The highest BCUT2D eigenvalue weighted by Gasteiger charge is 2.34. The topological polar surface area (TPSA) is 75.6 Å². The van der Waals surface area contributed by atoms with Crippen LogP contribution in [0.4, 0.5) is 18.0 Å². The van der Waals surface area contributed by atoms with Gasteiger partial charge in [-0.15, -0.1) is 0 Å². The fourth-order valence-electron chi connectivity index (χ4n) is 1.71. The van der Waals surface area contributed by atoms with E-state index in [4.69, 9.17) is 5.11 Å². The van der Waals surface area contributed by atoms with E-state index in [0.29, 0.717) is 6.07 Å². The van der Waals surface area contributed by atoms with Gasteiger partial charge in [0.1, 0.15) is 6.61 Å². The van der Waals surface area contributed by atoms with Gasteiger partial charge in [-0.05, 0) is 24.1 Å². The molecule has 0 bridgehead atoms. The minimum atomic E-state index is -4.62. The fraction of sp³-hybridized carbons (Fsp3) is 0.286. The number of hydrogen-bond donors (Lipinski definition) is 2. The molecule has 0 aliphatic rings. The van der Waals surface area contributed by atoms with Crippen molar-refractivity contribution >= 4 is 12.1 Å². The summed E-state index contributed by atoms with van der Waals surface area (Å²) in [4.78, 5) is 22.6. The number of halogens is 3. The molecule has 0 saturated carbocycles. The lowest BCUT2D eigenvalue weighted by molar-refractivity contribution is -0.140. The molecule has 1 rings (SSSR count). The fourth-order valence-corrected chi connectivity index (χ4v) is 1.71. The second-order valence-electron chi connectivity index (χ2n) is 4.37. The molecule has 1 unspecified atom stereocenters. The molecule has 0 saturated heterocycles. The predicted molar refractivity (Wildman–Crippen MR) is 71.2 cm³/mol. The number of alkyl halides is 3. The Balaban J connectivity index is 3.09. The lowest BCUT2D eigenvalue weighted by Gasteiger charge is -2.17. The Bertz CT molecular complexity index is 584. The van der Waals surface area contributed by atoms with Gasteiger partial charge in [-0.2, -0.15) is 13.2 Å². The third-order valence-electron chi connectivity index (χ3n) is 2.74. The zero-order valence-corrected chi connectivity index (χ0v) is 11.6. The Hall–Kier alpha value is -2.51. The Morgan fingerprint density at radius 3 is 2.59 bits per heavy atom. The molecule has 0 aliphatic heterocycles. The molecule has 1 amide bonds. The quantitative estimate of drug-likeness (QED) is 0.819. The van der Waals surface area contributed by atoms with E-state index in [1.165, 1.54) is 19.1 Å². The van der Waals surface area contributed by atoms with Gasteiger partial charge in [-0.3, -0.25) is 0 Å². The lowest BCUT2D eigenvalue weighted by atomic mass is 10.00.